The largest absolute Gasteiger partial charge is 0.480 e. The van der Waals surface area contributed by atoms with Crippen LogP contribution in [0.3, 0.4) is 0 Å². The standard InChI is InChI=1S/C21H25FN2O3S/c22-28-19-8-6-18(7-9-19)21(17-4-2-1-3-5-17)24-12-10-23(11-13-24)14-15-27-16-20(25)26/h1-9,21H,10-16H2,(H,25,26). The zero-order valence-electron chi connectivity index (χ0n) is 15.7. The molecule has 1 fully saturated rings. The predicted molar refractivity (Wildman–Crippen MR) is 108 cm³/mol. The Morgan fingerprint density at radius 1 is 1.04 bits per heavy atom. The van der Waals surface area contributed by atoms with Gasteiger partial charge < -0.3 is 9.84 Å². The molecule has 1 atom stereocenters. The number of nitrogens with zero attached hydrogens (tertiary/aromatic N) is 2. The maximum atomic E-state index is 12.8. The number of carboxylic acid groups (broad SMARTS) is 1. The van der Waals surface area contributed by atoms with E-state index in [1.807, 2.05) is 42.5 Å². The lowest BCUT2D eigenvalue weighted by molar-refractivity contribution is -0.142. The summed E-state index contributed by atoms with van der Waals surface area (Å²) in [6.07, 6.45) is 0. The van der Waals surface area contributed by atoms with Gasteiger partial charge in [-0.1, -0.05) is 42.5 Å². The monoisotopic (exact) mass is 404 g/mol. The third kappa shape index (κ3) is 5.78. The second-order valence-corrected chi connectivity index (χ2v) is 7.41. The maximum Gasteiger partial charge on any atom is 0.329 e. The Bertz CT molecular complexity index is 737. The number of carbonyl (C=O) groups is 1. The van der Waals surface area contributed by atoms with Gasteiger partial charge in [0.2, 0.25) is 0 Å². The first-order valence-corrected chi connectivity index (χ1v) is 10.1. The fourth-order valence-electron chi connectivity index (χ4n) is 3.55. The van der Waals surface area contributed by atoms with Crippen molar-refractivity contribution in [2.24, 2.45) is 0 Å². The molecule has 2 aromatic rings. The van der Waals surface area contributed by atoms with Crippen LogP contribution in [0.4, 0.5) is 3.89 Å². The van der Waals surface area contributed by atoms with Gasteiger partial charge in [0.1, 0.15) is 6.61 Å². The molecule has 1 heterocycles. The fraction of sp³-hybridized carbons (Fsp3) is 0.381. The lowest BCUT2D eigenvalue weighted by Crippen LogP contribution is -2.48. The third-order valence-corrected chi connectivity index (χ3v) is 5.40. The first kappa shape index (κ1) is 20.8. The van der Waals surface area contributed by atoms with Crippen molar-refractivity contribution >= 4 is 18.1 Å². The van der Waals surface area contributed by atoms with E-state index < -0.39 is 5.97 Å². The Morgan fingerprint density at radius 2 is 1.68 bits per heavy atom. The zero-order valence-corrected chi connectivity index (χ0v) is 16.5. The van der Waals surface area contributed by atoms with Gasteiger partial charge in [0.05, 0.1) is 24.8 Å². The van der Waals surface area contributed by atoms with Crippen LogP contribution in [-0.4, -0.2) is 66.8 Å². The molecule has 1 saturated heterocycles. The number of hydrogen-bond acceptors (Lipinski definition) is 5. The minimum Gasteiger partial charge on any atom is -0.480 e. The van der Waals surface area contributed by atoms with Crippen LogP contribution in [0.2, 0.25) is 0 Å². The van der Waals surface area contributed by atoms with Gasteiger partial charge in [0.25, 0.3) is 0 Å². The van der Waals surface area contributed by atoms with E-state index in [2.05, 4.69) is 21.9 Å². The predicted octanol–water partition coefficient (Wildman–Crippen LogP) is 3.47. The van der Waals surface area contributed by atoms with Crippen molar-refractivity contribution in [3.63, 3.8) is 0 Å². The van der Waals surface area contributed by atoms with Crippen molar-refractivity contribution in [3.05, 3.63) is 65.7 Å². The fourth-order valence-corrected chi connectivity index (χ4v) is 3.79. The van der Waals surface area contributed by atoms with Gasteiger partial charge in [-0.3, -0.25) is 9.80 Å². The number of carboxylic acids is 1. The van der Waals surface area contributed by atoms with Crippen LogP contribution >= 0.6 is 12.1 Å². The molecule has 0 aromatic heterocycles. The van der Waals surface area contributed by atoms with Gasteiger partial charge in [-0.05, 0) is 23.3 Å². The second-order valence-electron chi connectivity index (χ2n) is 6.78. The molecule has 2 aromatic carbocycles. The highest BCUT2D eigenvalue weighted by Gasteiger charge is 2.26. The molecule has 0 spiro atoms. The van der Waals surface area contributed by atoms with Gasteiger partial charge in [0, 0.05) is 37.6 Å². The van der Waals surface area contributed by atoms with Crippen molar-refractivity contribution in [2.45, 2.75) is 10.9 Å². The molecule has 0 bridgehead atoms. The molecular weight excluding hydrogens is 379 g/mol. The smallest absolute Gasteiger partial charge is 0.329 e. The lowest BCUT2D eigenvalue weighted by Gasteiger charge is -2.39. The molecule has 0 amide bonds. The van der Waals surface area contributed by atoms with Gasteiger partial charge in [-0.15, -0.1) is 0 Å². The summed E-state index contributed by atoms with van der Waals surface area (Å²) in [6.45, 7) is 4.52. The van der Waals surface area contributed by atoms with Crippen molar-refractivity contribution in [3.8, 4) is 0 Å². The number of piperazine rings is 1. The van der Waals surface area contributed by atoms with Crippen molar-refractivity contribution in [1.29, 1.82) is 0 Å². The van der Waals surface area contributed by atoms with E-state index in [9.17, 15) is 8.68 Å². The molecule has 1 N–H and O–H groups in total. The van der Waals surface area contributed by atoms with Crippen LogP contribution in [0.1, 0.15) is 17.2 Å². The van der Waals surface area contributed by atoms with E-state index >= 15 is 0 Å². The van der Waals surface area contributed by atoms with E-state index in [1.165, 1.54) is 5.56 Å². The van der Waals surface area contributed by atoms with E-state index in [-0.39, 0.29) is 24.8 Å². The molecule has 0 aliphatic carbocycles. The van der Waals surface area contributed by atoms with Crippen molar-refractivity contribution in [2.75, 3.05) is 45.9 Å². The molecule has 150 valence electrons. The number of aliphatic carboxylic acids is 1. The highest BCUT2D eigenvalue weighted by molar-refractivity contribution is 7.94. The normalized spacial score (nSPS) is 16.8. The molecule has 7 heteroatoms. The average Bonchev–Trinajstić information content (AvgIpc) is 2.74. The summed E-state index contributed by atoms with van der Waals surface area (Å²) in [6, 6.07) is 18.2. The summed E-state index contributed by atoms with van der Waals surface area (Å²) in [7, 11) is 0. The Balaban J connectivity index is 1.64. The van der Waals surface area contributed by atoms with E-state index in [4.69, 9.17) is 9.84 Å². The van der Waals surface area contributed by atoms with Gasteiger partial charge in [-0.2, -0.15) is 3.89 Å². The van der Waals surface area contributed by atoms with Crippen LogP contribution in [0.25, 0.3) is 0 Å². The summed E-state index contributed by atoms with van der Waals surface area (Å²) in [5.41, 5.74) is 2.38. The molecule has 28 heavy (non-hydrogen) atoms. The first-order valence-electron chi connectivity index (χ1n) is 9.37. The van der Waals surface area contributed by atoms with E-state index in [1.54, 1.807) is 0 Å². The molecule has 1 unspecified atom stereocenters. The molecule has 0 saturated carbocycles. The summed E-state index contributed by atoms with van der Waals surface area (Å²) in [5, 5.41) is 8.63. The van der Waals surface area contributed by atoms with Crippen LogP contribution in [0, 0.1) is 0 Å². The van der Waals surface area contributed by atoms with Crippen LogP contribution in [-0.2, 0) is 9.53 Å². The third-order valence-electron chi connectivity index (χ3n) is 4.95. The number of ether oxygens (including phenoxy) is 1. The Kier molecular flexibility index (Phi) is 7.85. The highest BCUT2D eigenvalue weighted by Crippen LogP contribution is 2.31. The van der Waals surface area contributed by atoms with E-state index in [0.717, 1.165) is 38.3 Å². The molecule has 1 aliphatic rings. The van der Waals surface area contributed by atoms with Crippen molar-refractivity contribution in [1.82, 2.24) is 9.80 Å². The van der Waals surface area contributed by atoms with Crippen LogP contribution in [0.15, 0.2) is 59.5 Å². The number of halogens is 1. The summed E-state index contributed by atoms with van der Waals surface area (Å²) >= 11 is 0.263. The maximum absolute atomic E-state index is 12.8. The quantitative estimate of drug-likeness (QED) is 0.646. The number of rotatable bonds is 9. The molecule has 1 aliphatic heterocycles. The molecular formula is C21H25FN2O3S. The first-order chi connectivity index (χ1) is 13.7. The second kappa shape index (κ2) is 10.6. The van der Waals surface area contributed by atoms with E-state index in [0.29, 0.717) is 11.5 Å². The lowest BCUT2D eigenvalue weighted by atomic mass is 9.96. The zero-order chi connectivity index (χ0) is 19.8. The van der Waals surface area contributed by atoms with Gasteiger partial charge in [0.15, 0.2) is 0 Å². The van der Waals surface area contributed by atoms with Crippen molar-refractivity contribution < 1.29 is 18.5 Å². The molecule has 0 radical (unpaired) electrons. The van der Waals surface area contributed by atoms with Crippen LogP contribution in [0.5, 0.6) is 0 Å². The number of benzene rings is 2. The average molecular weight is 405 g/mol. The summed E-state index contributed by atoms with van der Waals surface area (Å²) in [4.78, 5) is 15.9. The summed E-state index contributed by atoms with van der Waals surface area (Å²) in [5.74, 6) is -0.937. The SMILES string of the molecule is O=C(O)COCCN1CCN(C(c2ccccc2)c2ccc(SF)cc2)CC1. The molecule has 5 nitrogen and oxygen atoms in total. The highest BCUT2D eigenvalue weighted by atomic mass is 32.2. The Labute approximate surface area is 169 Å². The number of hydrogen-bond donors (Lipinski definition) is 1. The van der Waals surface area contributed by atoms with Crippen LogP contribution < -0.4 is 0 Å². The summed E-state index contributed by atoms with van der Waals surface area (Å²) < 4.78 is 18.0. The molecule has 3 rings (SSSR count). The minimum atomic E-state index is -0.937. The Morgan fingerprint density at radius 3 is 2.29 bits per heavy atom. The minimum absolute atomic E-state index is 0.130. The Hall–Kier alpha value is -1.93. The van der Waals surface area contributed by atoms with Gasteiger partial charge >= 0.3 is 5.97 Å². The van der Waals surface area contributed by atoms with Gasteiger partial charge in [-0.25, -0.2) is 4.79 Å². The topological polar surface area (TPSA) is 53.0 Å².